The van der Waals surface area contributed by atoms with Gasteiger partial charge in [-0.15, -0.1) is 11.3 Å². The van der Waals surface area contributed by atoms with E-state index in [0.717, 1.165) is 9.71 Å². The summed E-state index contributed by atoms with van der Waals surface area (Å²) in [5.41, 5.74) is 12.3. The number of H-pyrrole nitrogens is 1. The van der Waals surface area contributed by atoms with E-state index in [1.54, 1.807) is 17.8 Å². The molecule has 0 bridgehead atoms. The van der Waals surface area contributed by atoms with Crippen LogP contribution in [0.15, 0.2) is 29.6 Å². The van der Waals surface area contributed by atoms with E-state index in [2.05, 4.69) is 20.1 Å². The number of nitrogens with two attached hydrogens (primary N) is 2. The summed E-state index contributed by atoms with van der Waals surface area (Å²) < 4.78 is 3.78. The summed E-state index contributed by atoms with van der Waals surface area (Å²) >= 11 is 1.41. The largest absolute Gasteiger partial charge is 0.405 e. The lowest BCUT2D eigenvalue weighted by Crippen LogP contribution is -2.26. The SMILES string of the molecule is Cn1c2nc(CC(=N)/C=C\N)sc2c2cnn(Cc3nc[nH]c3C(N)=O)c(=O)c21. The number of aromatic nitrogens is 6. The van der Waals surface area contributed by atoms with Gasteiger partial charge in [0.2, 0.25) is 0 Å². The molecule has 0 atom stereocenters. The Labute approximate surface area is 167 Å². The zero-order valence-electron chi connectivity index (χ0n) is 15.3. The number of aryl methyl sites for hydroxylation is 1. The molecule has 0 aromatic carbocycles. The van der Waals surface area contributed by atoms with Crippen LogP contribution >= 0.6 is 11.3 Å². The molecule has 11 nitrogen and oxygen atoms in total. The lowest BCUT2D eigenvalue weighted by molar-refractivity contribution is 0.0995. The number of carbonyl (C=O) groups excluding carboxylic acids is 1. The summed E-state index contributed by atoms with van der Waals surface area (Å²) in [5.74, 6) is -0.655. The highest BCUT2D eigenvalue weighted by molar-refractivity contribution is 7.19. The molecule has 4 aromatic heterocycles. The van der Waals surface area contributed by atoms with E-state index in [0.29, 0.717) is 34.4 Å². The number of fused-ring (bicyclic) bond motifs is 3. The lowest BCUT2D eigenvalue weighted by Gasteiger charge is -2.05. The van der Waals surface area contributed by atoms with Crippen molar-refractivity contribution in [3.05, 3.63) is 51.5 Å². The molecule has 0 saturated carbocycles. The van der Waals surface area contributed by atoms with Crippen LogP contribution in [0.3, 0.4) is 0 Å². The molecule has 29 heavy (non-hydrogen) atoms. The molecule has 4 rings (SSSR count). The molecule has 0 spiro atoms. The van der Waals surface area contributed by atoms with Crippen molar-refractivity contribution in [1.29, 1.82) is 5.41 Å². The van der Waals surface area contributed by atoms with Gasteiger partial charge in [-0.05, 0) is 12.3 Å². The fourth-order valence-electron chi connectivity index (χ4n) is 3.16. The van der Waals surface area contributed by atoms with E-state index in [-0.39, 0.29) is 17.8 Å². The molecule has 4 aromatic rings. The molecule has 6 N–H and O–H groups in total. The zero-order chi connectivity index (χ0) is 20.7. The third-order valence-electron chi connectivity index (χ3n) is 4.47. The van der Waals surface area contributed by atoms with Crippen molar-refractivity contribution in [3.63, 3.8) is 0 Å². The van der Waals surface area contributed by atoms with E-state index in [4.69, 9.17) is 16.9 Å². The summed E-state index contributed by atoms with van der Waals surface area (Å²) in [4.78, 5) is 35.8. The number of allylic oxidation sites excluding steroid dienone is 1. The van der Waals surface area contributed by atoms with E-state index in [1.807, 2.05) is 0 Å². The summed E-state index contributed by atoms with van der Waals surface area (Å²) in [6, 6.07) is 0. The first-order valence-corrected chi connectivity index (χ1v) is 9.34. The number of primary amides is 1. The van der Waals surface area contributed by atoms with Gasteiger partial charge in [-0.1, -0.05) is 0 Å². The number of rotatable bonds is 6. The first-order chi connectivity index (χ1) is 13.9. The topological polar surface area (TPSA) is 174 Å². The average Bonchev–Trinajstić information content (AvgIpc) is 3.34. The second-order valence-electron chi connectivity index (χ2n) is 6.34. The minimum atomic E-state index is -0.655. The average molecular weight is 411 g/mol. The maximum atomic E-state index is 13.0. The van der Waals surface area contributed by atoms with Crippen molar-refractivity contribution in [1.82, 2.24) is 29.3 Å². The summed E-state index contributed by atoms with van der Waals surface area (Å²) in [6.45, 7) is 0.0106. The highest BCUT2D eigenvalue weighted by atomic mass is 32.1. The van der Waals surface area contributed by atoms with Gasteiger partial charge in [0, 0.05) is 24.6 Å². The van der Waals surface area contributed by atoms with Crippen LogP contribution in [0.25, 0.3) is 21.3 Å². The fraction of sp³-hybridized carbons (Fsp3) is 0.176. The minimum Gasteiger partial charge on any atom is -0.405 e. The maximum absolute atomic E-state index is 13.0. The van der Waals surface area contributed by atoms with Gasteiger partial charge in [-0.3, -0.25) is 9.59 Å². The second-order valence-corrected chi connectivity index (χ2v) is 7.42. The van der Waals surface area contributed by atoms with Crippen LogP contribution in [0.5, 0.6) is 0 Å². The van der Waals surface area contributed by atoms with Gasteiger partial charge in [0.15, 0.2) is 5.65 Å². The second kappa shape index (κ2) is 6.98. The van der Waals surface area contributed by atoms with Gasteiger partial charge in [0.05, 0.1) is 29.5 Å². The minimum absolute atomic E-state index is 0.0106. The monoisotopic (exact) mass is 411 g/mol. The Kier molecular flexibility index (Phi) is 4.47. The number of nitrogens with zero attached hydrogens (tertiary/aromatic N) is 5. The van der Waals surface area contributed by atoms with Crippen LogP contribution in [0.1, 0.15) is 21.2 Å². The van der Waals surface area contributed by atoms with Gasteiger partial charge < -0.3 is 26.4 Å². The van der Waals surface area contributed by atoms with Gasteiger partial charge in [-0.25, -0.2) is 14.6 Å². The summed E-state index contributed by atoms with van der Waals surface area (Å²) in [5, 5.41) is 13.5. The van der Waals surface area contributed by atoms with E-state index < -0.39 is 5.91 Å². The molecule has 4 heterocycles. The number of nitrogens with one attached hydrogen (secondary N) is 2. The third kappa shape index (κ3) is 3.08. The first kappa shape index (κ1) is 18.6. The maximum Gasteiger partial charge on any atom is 0.291 e. The molecule has 148 valence electrons. The highest BCUT2D eigenvalue weighted by Crippen LogP contribution is 2.31. The molecule has 0 saturated heterocycles. The van der Waals surface area contributed by atoms with Crippen molar-refractivity contribution in [2.24, 2.45) is 18.5 Å². The Morgan fingerprint density at radius 1 is 1.45 bits per heavy atom. The van der Waals surface area contributed by atoms with E-state index >= 15 is 0 Å². The Balaban J connectivity index is 1.78. The fourth-order valence-corrected chi connectivity index (χ4v) is 4.29. The van der Waals surface area contributed by atoms with Gasteiger partial charge in [-0.2, -0.15) is 5.10 Å². The van der Waals surface area contributed by atoms with Crippen molar-refractivity contribution in [2.45, 2.75) is 13.0 Å². The van der Waals surface area contributed by atoms with Gasteiger partial charge >= 0.3 is 0 Å². The van der Waals surface area contributed by atoms with Crippen LogP contribution in [0.4, 0.5) is 0 Å². The number of hydrogen-bond donors (Lipinski definition) is 4. The molecule has 12 heteroatoms. The van der Waals surface area contributed by atoms with E-state index in [1.165, 1.54) is 34.6 Å². The first-order valence-electron chi connectivity index (χ1n) is 8.52. The molecular weight excluding hydrogens is 394 g/mol. The molecule has 0 radical (unpaired) electrons. The van der Waals surface area contributed by atoms with Crippen molar-refractivity contribution < 1.29 is 4.79 Å². The number of hydrogen-bond acceptors (Lipinski definition) is 8. The van der Waals surface area contributed by atoms with Crippen molar-refractivity contribution in [3.8, 4) is 0 Å². The van der Waals surface area contributed by atoms with E-state index in [9.17, 15) is 9.59 Å². The number of imidazole rings is 1. The number of carbonyl (C=O) groups is 1. The zero-order valence-corrected chi connectivity index (χ0v) is 16.2. The van der Waals surface area contributed by atoms with Crippen LogP contribution in [-0.4, -0.2) is 40.9 Å². The molecular formula is C17H17N9O2S. The Morgan fingerprint density at radius 2 is 2.24 bits per heavy atom. The van der Waals surface area contributed by atoms with Crippen LogP contribution < -0.4 is 17.0 Å². The Bertz CT molecular complexity index is 1350. The van der Waals surface area contributed by atoms with Gasteiger partial charge in [0.25, 0.3) is 11.5 Å². The molecule has 1 amide bonds. The summed E-state index contributed by atoms with van der Waals surface area (Å²) in [7, 11) is 1.76. The van der Waals surface area contributed by atoms with Gasteiger partial charge in [0.1, 0.15) is 16.2 Å². The van der Waals surface area contributed by atoms with Crippen LogP contribution in [0.2, 0.25) is 0 Å². The molecule has 0 fully saturated rings. The molecule has 0 aliphatic rings. The quantitative estimate of drug-likeness (QED) is 0.331. The predicted octanol–water partition coefficient (Wildman–Crippen LogP) is 0.250. The smallest absolute Gasteiger partial charge is 0.291 e. The normalized spacial score (nSPS) is 11.8. The highest BCUT2D eigenvalue weighted by Gasteiger charge is 2.20. The van der Waals surface area contributed by atoms with Crippen LogP contribution in [-0.2, 0) is 20.0 Å². The van der Waals surface area contributed by atoms with Crippen molar-refractivity contribution >= 4 is 44.2 Å². The molecule has 0 aliphatic carbocycles. The number of amides is 1. The predicted molar refractivity (Wildman–Crippen MR) is 109 cm³/mol. The molecule has 0 unspecified atom stereocenters. The lowest BCUT2D eigenvalue weighted by atomic mass is 10.3. The summed E-state index contributed by atoms with van der Waals surface area (Å²) in [6.07, 6.45) is 6.14. The van der Waals surface area contributed by atoms with Crippen LogP contribution in [0, 0.1) is 5.41 Å². The Morgan fingerprint density at radius 3 is 2.97 bits per heavy atom. The van der Waals surface area contributed by atoms with Crippen molar-refractivity contribution in [2.75, 3.05) is 0 Å². The number of aromatic amines is 1. The molecule has 0 aliphatic heterocycles. The third-order valence-corrected chi connectivity index (χ3v) is 5.55. The standard InChI is InChI=1S/C17H17N9O2S/c1-25-13-9(14-16(25)24-11(29-14)4-8(19)2-3-18)5-23-26(17(13)28)6-10-12(15(20)27)22-7-21-10/h2-3,5,7,19H,4,6,18H2,1H3,(H2,20,27)(H,21,22)/b3-2-,19-8?. The number of thiazole rings is 1. The Hall–Kier alpha value is -3.80.